The van der Waals surface area contributed by atoms with Crippen LogP contribution in [0.1, 0.15) is 65.7 Å². The number of benzene rings is 2. The van der Waals surface area contributed by atoms with Crippen LogP contribution in [0.4, 0.5) is 0 Å². The number of carbonyl (C=O) groups excluding carboxylic acids is 2. The fourth-order valence-electron chi connectivity index (χ4n) is 9.18. The molecule has 214 valence electrons. The van der Waals surface area contributed by atoms with E-state index in [1.807, 2.05) is 36.4 Å². The molecular weight excluding hydrogens is 502 g/mol. The summed E-state index contributed by atoms with van der Waals surface area (Å²) in [4.78, 5) is 32.4. The van der Waals surface area contributed by atoms with Gasteiger partial charge in [0.1, 0.15) is 0 Å². The minimum Gasteiger partial charge on any atom is -0.389 e. The maximum Gasteiger partial charge on any atom is 0.261 e. The second-order valence-electron chi connectivity index (χ2n) is 13.5. The molecule has 1 N–H and O–H groups in total. The Morgan fingerprint density at radius 3 is 2.00 bits per heavy atom. The SMILES string of the molecule is O=C1c2cccc3cccc(c23)C(=O)N1CCN1CCN(CC(O)COCCC23CC4CC(CC(C4)C2)C3)CC1. The highest BCUT2D eigenvalue weighted by molar-refractivity contribution is 6.25. The molecule has 7 nitrogen and oxygen atoms in total. The summed E-state index contributed by atoms with van der Waals surface area (Å²) in [6.07, 6.45) is 9.39. The van der Waals surface area contributed by atoms with E-state index < -0.39 is 6.10 Å². The Hall–Kier alpha value is -2.32. The van der Waals surface area contributed by atoms with Gasteiger partial charge < -0.3 is 9.84 Å². The first kappa shape index (κ1) is 26.6. The fraction of sp³-hybridized carbons (Fsp3) is 0.636. The van der Waals surface area contributed by atoms with Crippen LogP contribution in [0, 0.1) is 23.2 Å². The molecule has 1 atom stereocenters. The van der Waals surface area contributed by atoms with Crippen LogP contribution in [-0.2, 0) is 4.74 Å². The highest BCUT2D eigenvalue weighted by Crippen LogP contribution is 2.61. The van der Waals surface area contributed by atoms with Crippen molar-refractivity contribution >= 4 is 22.6 Å². The van der Waals surface area contributed by atoms with Gasteiger partial charge in [0.2, 0.25) is 0 Å². The van der Waals surface area contributed by atoms with Crippen LogP contribution in [0.5, 0.6) is 0 Å². The zero-order valence-corrected chi connectivity index (χ0v) is 23.6. The molecule has 8 rings (SSSR count). The highest BCUT2D eigenvalue weighted by Gasteiger charge is 2.50. The molecule has 2 heterocycles. The fourth-order valence-corrected chi connectivity index (χ4v) is 9.18. The van der Waals surface area contributed by atoms with Crippen molar-refractivity contribution in [3.63, 3.8) is 0 Å². The minimum absolute atomic E-state index is 0.195. The van der Waals surface area contributed by atoms with Crippen molar-refractivity contribution in [2.75, 3.05) is 59.0 Å². The molecule has 0 aromatic heterocycles. The lowest BCUT2D eigenvalue weighted by molar-refractivity contribution is -0.0744. The smallest absolute Gasteiger partial charge is 0.261 e. The molecule has 5 fully saturated rings. The third-order valence-corrected chi connectivity index (χ3v) is 10.7. The van der Waals surface area contributed by atoms with Crippen LogP contribution < -0.4 is 0 Å². The number of hydrogen-bond acceptors (Lipinski definition) is 6. The van der Waals surface area contributed by atoms with E-state index in [0.29, 0.717) is 42.8 Å². The number of rotatable bonds is 10. The summed E-state index contributed by atoms with van der Waals surface area (Å²) in [5, 5.41) is 12.4. The van der Waals surface area contributed by atoms with Gasteiger partial charge in [0, 0.05) is 68.9 Å². The Balaban J connectivity index is 0.829. The molecular formula is C33H43N3O4. The summed E-state index contributed by atoms with van der Waals surface area (Å²) in [7, 11) is 0. The normalized spacial score (nSPS) is 30.9. The first-order valence-corrected chi connectivity index (χ1v) is 15.5. The largest absolute Gasteiger partial charge is 0.389 e. The maximum absolute atomic E-state index is 13.2. The second kappa shape index (κ2) is 10.8. The molecule has 2 aromatic carbocycles. The third-order valence-electron chi connectivity index (χ3n) is 10.7. The molecule has 2 amide bonds. The summed E-state index contributed by atoms with van der Waals surface area (Å²) < 4.78 is 6.01. The van der Waals surface area contributed by atoms with E-state index in [4.69, 9.17) is 4.74 Å². The van der Waals surface area contributed by atoms with Gasteiger partial charge in [-0.25, -0.2) is 0 Å². The molecule has 7 heteroatoms. The highest BCUT2D eigenvalue weighted by atomic mass is 16.5. The minimum atomic E-state index is -0.464. The first-order valence-electron chi connectivity index (χ1n) is 15.5. The molecule has 2 aliphatic heterocycles. The van der Waals surface area contributed by atoms with Gasteiger partial charge in [0.15, 0.2) is 0 Å². The van der Waals surface area contributed by atoms with E-state index in [1.54, 1.807) is 0 Å². The zero-order valence-electron chi connectivity index (χ0n) is 23.6. The lowest BCUT2D eigenvalue weighted by Gasteiger charge is -2.57. The van der Waals surface area contributed by atoms with Crippen molar-refractivity contribution in [3.8, 4) is 0 Å². The summed E-state index contributed by atoms with van der Waals surface area (Å²) in [6.45, 7) is 6.35. The summed E-state index contributed by atoms with van der Waals surface area (Å²) >= 11 is 0. The van der Waals surface area contributed by atoms with Gasteiger partial charge in [-0.2, -0.15) is 0 Å². The zero-order chi connectivity index (χ0) is 27.3. The van der Waals surface area contributed by atoms with Crippen LogP contribution in [0.2, 0.25) is 0 Å². The first-order chi connectivity index (χ1) is 19.5. The van der Waals surface area contributed by atoms with E-state index in [9.17, 15) is 14.7 Å². The van der Waals surface area contributed by atoms with Crippen LogP contribution in [0.3, 0.4) is 0 Å². The molecule has 0 spiro atoms. The van der Waals surface area contributed by atoms with E-state index in [-0.39, 0.29) is 11.8 Å². The summed E-state index contributed by atoms with van der Waals surface area (Å²) in [6, 6.07) is 11.3. The number of imide groups is 1. The third kappa shape index (κ3) is 5.11. The van der Waals surface area contributed by atoms with Crippen molar-refractivity contribution < 1.29 is 19.4 Å². The number of aliphatic hydroxyl groups is 1. The Bertz CT molecular complexity index is 1180. The predicted octanol–water partition coefficient (Wildman–Crippen LogP) is 4.04. The Morgan fingerprint density at radius 1 is 0.825 bits per heavy atom. The van der Waals surface area contributed by atoms with Gasteiger partial charge in [-0.15, -0.1) is 0 Å². The second-order valence-corrected chi connectivity index (χ2v) is 13.5. The molecule has 1 saturated heterocycles. The lowest BCUT2D eigenvalue weighted by Crippen LogP contribution is -2.51. The quantitative estimate of drug-likeness (QED) is 0.359. The molecule has 0 radical (unpaired) electrons. The average Bonchev–Trinajstić information content (AvgIpc) is 2.94. The lowest BCUT2D eigenvalue weighted by atomic mass is 9.49. The van der Waals surface area contributed by atoms with E-state index >= 15 is 0 Å². The average molecular weight is 546 g/mol. The van der Waals surface area contributed by atoms with Crippen LogP contribution >= 0.6 is 0 Å². The van der Waals surface area contributed by atoms with Crippen LogP contribution in [-0.4, -0.2) is 96.8 Å². The van der Waals surface area contributed by atoms with Crippen molar-refractivity contribution in [2.24, 2.45) is 23.2 Å². The molecule has 4 aliphatic carbocycles. The predicted molar refractivity (Wildman–Crippen MR) is 154 cm³/mol. The summed E-state index contributed by atoms with van der Waals surface area (Å²) in [5.74, 6) is 2.53. The number of piperazine rings is 1. The van der Waals surface area contributed by atoms with E-state index in [0.717, 1.165) is 61.3 Å². The van der Waals surface area contributed by atoms with Crippen molar-refractivity contribution in [1.82, 2.24) is 14.7 Å². The van der Waals surface area contributed by atoms with Gasteiger partial charge in [0.25, 0.3) is 11.8 Å². The van der Waals surface area contributed by atoms with Gasteiger partial charge in [0.05, 0.1) is 12.7 Å². The number of nitrogens with zero attached hydrogens (tertiary/aromatic N) is 3. The topological polar surface area (TPSA) is 73.3 Å². The Labute approximate surface area is 237 Å². The van der Waals surface area contributed by atoms with Crippen molar-refractivity contribution in [3.05, 3.63) is 47.5 Å². The molecule has 4 bridgehead atoms. The van der Waals surface area contributed by atoms with Crippen molar-refractivity contribution in [1.29, 1.82) is 0 Å². The number of β-amino-alcohol motifs (C(OH)–C–C–N with tert-alkyl or cyclic N) is 1. The van der Waals surface area contributed by atoms with E-state index in [1.165, 1.54) is 49.8 Å². The molecule has 6 aliphatic rings. The molecule has 4 saturated carbocycles. The standard InChI is InChI=1S/C33H43N3O4/c37-27(22-40-14-7-33-18-23-15-24(19-33)17-25(16-23)20-33)21-35-10-8-34(9-11-35)12-13-36-31(38)28-5-1-3-26-4-2-6-29(30(26)28)32(36)39/h1-6,23-25,27,37H,7-22H2. The molecule has 2 aromatic rings. The number of amides is 2. The van der Waals surface area contributed by atoms with Gasteiger partial charge >= 0.3 is 0 Å². The van der Waals surface area contributed by atoms with Gasteiger partial charge in [-0.05, 0) is 85.6 Å². The Kier molecular flexibility index (Phi) is 7.19. The van der Waals surface area contributed by atoms with E-state index in [2.05, 4.69) is 9.80 Å². The number of carbonyl (C=O) groups is 2. The maximum atomic E-state index is 13.2. The molecule has 1 unspecified atom stereocenters. The van der Waals surface area contributed by atoms with Gasteiger partial charge in [-0.3, -0.25) is 24.3 Å². The van der Waals surface area contributed by atoms with Crippen LogP contribution in [0.25, 0.3) is 10.8 Å². The number of ether oxygens (including phenoxy) is 1. The van der Waals surface area contributed by atoms with Crippen LogP contribution in [0.15, 0.2) is 36.4 Å². The summed E-state index contributed by atoms with van der Waals surface area (Å²) in [5.41, 5.74) is 1.77. The number of hydrogen-bond donors (Lipinski definition) is 1. The monoisotopic (exact) mass is 545 g/mol. The number of aliphatic hydroxyl groups excluding tert-OH is 1. The Morgan fingerprint density at radius 2 is 1.40 bits per heavy atom. The molecule has 40 heavy (non-hydrogen) atoms. The van der Waals surface area contributed by atoms with Gasteiger partial charge in [-0.1, -0.05) is 24.3 Å². The van der Waals surface area contributed by atoms with Crippen molar-refractivity contribution in [2.45, 2.75) is 51.0 Å².